The monoisotopic (exact) mass is 267 g/mol. The predicted molar refractivity (Wildman–Crippen MR) is 71.2 cm³/mol. The second kappa shape index (κ2) is 5.81. The lowest BCUT2D eigenvalue weighted by Crippen LogP contribution is -2.46. The number of hydrogen-bond donors (Lipinski definition) is 2. The molecule has 8 heteroatoms. The van der Waals surface area contributed by atoms with E-state index < -0.39 is 4.92 Å². The van der Waals surface area contributed by atoms with Gasteiger partial charge in [0.2, 0.25) is 5.82 Å². The molecule has 3 N–H and O–H groups in total. The van der Waals surface area contributed by atoms with Crippen molar-refractivity contribution in [3.63, 3.8) is 0 Å². The number of nitrogen functional groups attached to an aromatic ring is 1. The molecule has 0 amide bonds. The van der Waals surface area contributed by atoms with Gasteiger partial charge in [0.15, 0.2) is 0 Å². The Bertz CT molecular complexity index is 466. The average molecular weight is 267 g/mol. The minimum Gasteiger partial charge on any atom is -0.378 e. The molecule has 1 aromatic heterocycles. The van der Waals surface area contributed by atoms with E-state index in [-0.39, 0.29) is 17.6 Å². The number of likely N-dealkylation sites (N-methyl/N-ethyl adjacent to an activating group) is 1. The third-order valence-corrected chi connectivity index (χ3v) is 2.98. The Hall–Kier alpha value is -1.93. The molecule has 0 aromatic carbocycles. The van der Waals surface area contributed by atoms with Gasteiger partial charge < -0.3 is 20.7 Å². The number of morpholine rings is 1. The van der Waals surface area contributed by atoms with Crippen LogP contribution in [0.4, 0.5) is 17.3 Å². The van der Waals surface area contributed by atoms with Crippen LogP contribution in [0.2, 0.25) is 0 Å². The number of pyridine rings is 1. The van der Waals surface area contributed by atoms with Crippen LogP contribution < -0.4 is 16.0 Å². The molecule has 1 unspecified atom stereocenters. The van der Waals surface area contributed by atoms with Crippen LogP contribution >= 0.6 is 0 Å². The van der Waals surface area contributed by atoms with Crippen molar-refractivity contribution in [2.75, 3.05) is 43.9 Å². The van der Waals surface area contributed by atoms with Gasteiger partial charge in [0.25, 0.3) is 0 Å². The van der Waals surface area contributed by atoms with Crippen molar-refractivity contribution in [2.45, 2.75) is 6.10 Å². The molecular formula is C11H17N5O3. The Morgan fingerprint density at radius 3 is 3.11 bits per heavy atom. The van der Waals surface area contributed by atoms with Gasteiger partial charge in [0.05, 0.1) is 17.6 Å². The summed E-state index contributed by atoms with van der Waals surface area (Å²) >= 11 is 0. The summed E-state index contributed by atoms with van der Waals surface area (Å²) in [6.45, 7) is 2.74. The summed E-state index contributed by atoms with van der Waals surface area (Å²) in [4.78, 5) is 16.3. The Labute approximate surface area is 110 Å². The van der Waals surface area contributed by atoms with Gasteiger partial charge in [-0.05, 0) is 13.1 Å². The number of rotatable bonds is 4. The summed E-state index contributed by atoms with van der Waals surface area (Å²) in [6.07, 6.45) is 0.0805. The second-order valence-electron chi connectivity index (χ2n) is 4.33. The quantitative estimate of drug-likeness (QED) is 0.584. The molecule has 1 atom stereocenters. The first kappa shape index (κ1) is 13.5. The fourth-order valence-corrected chi connectivity index (χ4v) is 2.07. The molecule has 1 aliphatic rings. The van der Waals surface area contributed by atoms with Crippen LogP contribution in [0.25, 0.3) is 0 Å². The van der Waals surface area contributed by atoms with Crippen molar-refractivity contribution >= 4 is 17.3 Å². The zero-order valence-corrected chi connectivity index (χ0v) is 10.7. The van der Waals surface area contributed by atoms with Gasteiger partial charge in [-0.15, -0.1) is 0 Å². The van der Waals surface area contributed by atoms with Crippen molar-refractivity contribution in [1.29, 1.82) is 0 Å². The highest BCUT2D eigenvalue weighted by molar-refractivity contribution is 5.58. The first-order valence-corrected chi connectivity index (χ1v) is 6.04. The molecule has 0 saturated carbocycles. The van der Waals surface area contributed by atoms with Crippen LogP contribution in [0.1, 0.15) is 0 Å². The van der Waals surface area contributed by atoms with E-state index in [1.54, 1.807) is 6.07 Å². The molecule has 19 heavy (non-hydrogen) atoms. The van der Waals surface area contributed by atoms with Crippen molar-refractivity contribution < 1.29 is 9.66 Å². The van der Waals surface area contributed by atoms with Crippen LogP contribution in [-0.4, -0.2) is 49.3 Å². The summed E-state index contributed by atoms with van der Waals surface area (Å²) in [5, 5.41) is 13.7. The summed E-state index contributed by atoms with van der Waals surface area (Å²) in [7, 11) is 1.87. The van der Waals surface area contributed by atoms with Gasteiger partial charge in [-0.3, -0.25) is 10.1 Å². The van der Waals surface area contributed by atoms with Crippen LogP contribution in [0.15, 0.2) is 12.1 Å². The average Bonchev–Trinajstić information content (AvgIpc) is 2.39. The van der Waals surface area contributed by atoms with E-state index in [2.05, 4.69) is 10.3 Å². The molecule has 0 spiro atoms. The molecule has 2 rings (SSSR count). The largest absolute Gasteiger partial charge is 0.378 e. The van der Waals surface area contributed by atoms with Crippen molar-refractivity contribution in [2.24, 2.45) is 0 Å². The lowest BCUT2D eigenvalue weighted by atomic mass is 10.2. The van der Waals surface area contributed by atoms with Gasteiger partial charge in [0.1, 0.15) is 5.82 Å². The SMILES string of the molecule is CNCC1CN(c2ccc([N+](=O)[O-])c(N)n2)CCO1. The molecule has 0 radical (unpaired) electrons. The number of hydrogen-bond acceptors (Lipinski definition) is 7. The second-order valence-corrected chi connectivity index (χ2v) is 4.33. The van der Waals surface area contributed by atoms with Crippen LogP contribution in [0.5, 0.6) is 0 Å². The molecule has 1 saturated heterocycles. The zero-order chi connectivity index (χ0) is 13.8. The fraction of sp³-hybridized carbons (Fsp3) is 0.545. The Morgan fingerprint density at radius 2 is 2.47 bits per heavy atom. The molecule has 0 bridgehead atoms. The number of aromatic nitrogens is 1. The maximum absolute atomic E-state index is 10.7. The molecule has 1 aliphatic heterocycles. The number of ether oxygens (including phenoxy) is 1. The molecule has 2 heterocycles. The van der Waals surface area contributed by atoms with Crippen molar-refractivity contribution in [1.82, 2.24) is 10.3 Å². The zero-order valence-electron chi connectivity index (χ0n) is 10.7. The number of nitrogens with two attached hydrogens (primary N) is 1. The first-order chi connectivity index (χ1) is 9.11. The maximum Gasteiger partial charge on any atom is 0.311 e. The van der Waals surface area contributed by atoms with E-state index in [0.29, 0.717) is 25.5 Å². The van der Waals surface area contributed by atoms with E-state index >= 15 is 0 Å². The van der Waals surface area contributed by atoms with E-state index in [4.69, 9.17) is 10.5 Å². The molecule has 0 aliphatic carbocycles. The lowest BCUT2D eigenvalue weighted by Gasteiger charge is -2.33. The predicted octanol–water partition coefficient (Wildman–Crippen LogP) is -0.00340. The van der Waals surface area contributed by atoms with Crippen LogP contribution in [-0.2, 0) is 4.74 Å². The van der Waals surface area contributed by atoms with Gasteiger partial charge in [-0.25, -0.2) is 4.98 Å². The van der Waals surface area contributed by atoms with E-state index in [9.17, 15) is 10.1 Å². The van der Waals surface area contributed by atoms with Gasteiger partial charge >= 0.3 is 5.69 Å². The van der Waals surface area contributed by atoms with Crippen LogP contribution in [0, 0.1) is 10.1 Å². The van der Waals surface area contributed by atoms with E-state index in [0.717, 1.165) is 6.54 Å². The molecule has 1 aromatic rings. The number of nitrogens with zero attached hydrogens (tertiary/aromatic N) is 3. The maximum atomic E-state index is 10.7. The van der Waals surface area contributed by atoms with E-state index in [1.807, 2.05) is 11.9 Å². The normalized spacial score (nSPS) is 19.4. The fourth-order valence-electron chi connectivity index (χ4n) is 2.07. The molecule has 1 fully saturated rings. The summed E-state index contributed by atoms with van der Waals surface area (Å²) < 4.78 is 5.59. The third-order valence-electron chi connectivity index (χ3n) is 2.98. The number of anilines is 2. The standard InChI is InChI=1S/C11H17N5O3/c1-13-6-8-7-15(4-5-19-8)10-3-2-9(16(17)18)11(12)14-10/h2-3,8,13H,4-7H2,1H3,(H2,12,14). The minimum absolute atomic E-state index is 0.0563. The van der Waals surface area contributed by atoms with Crippen molar-refractivity contribution in [3.8, 4) is 0 Å². The summed E-state index contributed by atoms with van der Waals surface area (Å²) in [5.41, 5.74) is 5.44. The van der Waals surface area contributed by atoms with Crippen molar-refractivity contribution in [3.05, 3.63) is 22.2 Å². The minimum atomic E-state index is -0.533. The number of nitro groups is 1. The summed E-state index contributed by atoms with van der Waals surface area (Å²) in [6, 6.07) is 3.01. The Morgan fingerprint density at radius 1 is 1.68 bits per heavy atom. The Balaban J connectivity index is 2.13. The highest BCUT2D eigenvalue weighted by Gasteiger charge is 2.22. The molecule has 8 nitrogen and oxygen atoms in total. The van der Waals surface area contributed by atoms with Gasteiger partial charge in [0, 0.05) is 25.7 Å². The lowest BCUT2D eigenvalue weighted by molar-refractivity contribution is -0.384. The Kier molecular flexibility index (Phi) is 4.13. The molecular weight excluding hydrogens is 250 g/mol. The topological polar surface area (TPSA) is 107 Å². The molecule has 104 valence electrons. The summed E-state index contributed by atoms with van der Waals surface area (Å²) in [5.74, 6) is 0.590. The van der Waals surface area contributed by atoms with Gasteiger partial charge in [-0.2, -0.15) is 0 Å². The van der Waals surface area contributed by atoms with Crippen LogP contribution in [0.3, 0.4) is 0 Å². The number of nitrogens with one attached hydrogen (secondary N) is 1. The highest BCUT2D eigenvalue weighted by atomic mass is 16.6. The third kappa shape index (κ3) is 3.09. The van der Waals surface area contributed by atoms with E-state index in [1.165, 1.54) is 6.07 Å². The van der Waals surface area contributed by atoms with Gasteiger partial charge in [-0.1, -0.05) is 0 Å². The first-order valence-electron chi connectivity index (χ1n) is 6.04. The smallest absolute Gasteiger partial charge is 0.311 e. The highest BCUT2D eigenvalue weighted by Crippen LogP contribution is 2.24.